The molecule has 0 N–H and O–H groups in total. The highest BCUT2D eigenvalue weighted by Crippen LogP contribution is 2.26. The van der Waals surface area contributed by atoms with Crippen LogP contribution in [0, 0.1) is 0 Å². The van der Waals surface area contributed by atoms with Crippen LogP contribution in [0.5, 0.6) is 11.5 Å². The lowest BCUT2D eigenvalue weighted by Gasteiger charge is -2.28. The Morgan fingerprint density at radius 1 is 0.643 bits per heavy atom. The van der Waals surface area contributed by atoms with Crippen molar-refractivity contribution in [3.05, 3.63) is 59.7 Å². The lowest BCUT2D eigenvalue weighted by Crippen LogP contribution is -2.30. The molecule has 0 fully saturated rings. The minimum absolute atomic E-state index is 0.000546. The van der Waals surface area contributed by atoms with Gasteiger partial charge in [-0.3, -0.25) is 4.79 Å². The van der Waals surface area contributed by atoms with Crippen LogP contribution in [0.4, 0.5) is 0 Å². The average molecular weight is 383 g/mol. The highest BCUT2D eigenvalue weighted by Gasteiger charge is 2.22. The lowest BCUT2D eigenvalue weighted by molar-refractivity contribution is 0.0800. The van der Waals surface area contributed by atoms with Crippen molar-refractivity contribution in [1.82, 2.24) is 0 Å². The van der Waals surface area contributed by atoms with Gasteiger partial charge in [-0.2, -0.15) is 0 Å². The van der Waals surface area contributed by atoms with Crippen LogP contribution in [0.15, 0.2) is 48.5 Å². The molecule has 0 unspecified atom stereocenters. The molecule has 2 aromatic carbocycles. The fourth-order valence-corrected chi connectivity index (χ4v) is 2.87. The Balaban J connectivity index is 2.09. The van der Waals surface area contributed by atoms with Gasteiger partial charge in [0.15, 0.2) is 5.78 Å². The SMILES string of the molecule is CCC(C)(CC)Oc1ccc(C(=O)c2ccc(OC(C)(CC)CC)cc2)cc1. The minimum atomic E-state index is -0.174. The number of hydrogen-bond donors (Lipinski definition) is 0. The van der Waals surface area contributed by atoms with Crippen molar-refractivity contribution < 1.29 is 14.3 Å². The van der Waals surface area contributed by atoms with Crippen LogP contribution in [0.2, 0.25) is 0 Å². The minimum Gasteiger partial charge on any atom is -0.488 e. The number of ether oxygens (including phenoxy) is 2. The molecule has 0 heterocycles. The van der Waals surface area contributed by atoms with Crippen molar-refractivity contribution in [3.8, 4) is 11.5 Å². The van der Waals surface area contributed by atoms with Gasteiger partial charge in [-0.15, -0.1) is 0 Å². The molecule has 0 spiro atoms. The standard InChI is InChI=1S/C25H34O3/c1-7-24(5,8-2)27-21-15-11-19(12-16-21)23(26)20-13-17-22(18-14-20)28-25(6,9-3)10-4/h11-18H,7-10H2,1-6H3. The van der Waals surface area contributed by atoms with E-state index in [1.54, 1.807) is 0 Å². The molecular weight excluding hydrogens is 348 g/mol. The van der Waals surface area contributed by atoms with Crippen molar-refractivity contribution >= 4 is 5.78 Å². The highest BCUT2D eigenvalue weighted by molar-refractivity contribution is 6.09. The summed E-state index contributed by atoms with van der Waals surface area (Å²) < 4.78 is 12.2. The van der Waals surface area contributed by atoms with Crippen molar-refractivity contribution in [2.24, 2.45) is 0 Å². The number of carbonyl (C=O) groups is 1. The van der Waals surface area contributed by atoms with E-state index in [0.29, 0.717) is 11.1 Å². The zero-order valence-electron chi connectivity index (χ0n) is 18.2. The summed E-state index contributed by atoms with van der Waals surface area (Å²) in [5, 5.41) is 0. The zero-order valence-corrected chi connectivity index (χ0v) is 18.2. The number of rotatable bonds is 10. The predicted molar refractivity (Wildman–Crippen MR) is 116 cm³/mol. The van der Waals surface area contributed by atoms with E-state index in [0.717, 1.165) is 37.2 Å². The monoisotopic (exact) mass is 382 g/mol. The molecule has 0 amide bonds. The number of benzene rings is 2. The zero-order chi connectivity index (χ0) is 20.8. The van der Waals surface area contributed by atoms with Crippen LogP contribution in [0.1, 0.15) is 83.1 Å². The molecule has 0 aliphatic heterocycles. The first-order chi connectivity index (χ1) is 13.3. The van der Waals surface area contributed by atoms with Crippen molar-refractivity contribution in [3.63, 3.8) is 0 Å². The Labute approximate surface area is 170 Å². The summed E-state index contributed by atoms with van der Waals surface area (Å²) in [6.07, 6.45) is 3.75. The van der Waals surface area contributed by atoms with Gasteiger partial charge in [0.05, 0.1) is 0 Å². The molecule has 2 aromatic rings. The molecule has 0 aliphatic carbocycles. The van der Waals surface area contributed by atoms with E-state index >= 15 is 0 Å². The average Bonchev–Trinajstić information content (AvgIpc) is 2.74. The second kappa shape index (κ2) is 9.27. The van der Waals surface area contributed by atoms with Crippen LogP contribution in [-0.4, -0.2) is 17.0 Å². The third kappa shape index (κ3) is 5.37. The van der Waals surface area contributed by atoms with Gasteiger partial charge in [0.2, 0.25) is 0 Å². The van der Waals surface area contributed by atoms with Crippen LogP contribution in [-0.2, 0) is 0 Å². The van der Waals surface area contributed by atoms with Crippen LogP contribution < -0.4 is 9.47 Å². The largest absolute Gasteiger partial charge is 0.488 e. The van der Waals surface area contributed by atoms with Crippen molar-refractivity contribution in [1.29, 1.82) is 0 Å². The number of ketones is 1. The Hall–Kier alpha value is -2.29. The summed E-state index contributed by atoms with van der Waals surface area (Å²) in [5.74, 6) is 1.59. The maximum Gasteiger partial charge on any atom is 0.193 e. The van der Waals surface area contributed by atoms with E-state index in [1.165, 1.54) is 0 Å². The van der Waals surface area contributed by atoms with Gasteiger partial charge in [-0.05, 0) is 88.1 Å². The van der Waals surface area contributed by atoms with Crippen molar-refractivity contribution in [2.45, 2.75) is 78.4 Å². The molecule has 0 aliphatic rings. The first-order valence-corrected chi connectivity index (χ1v) is 10.4. The van der Waals surface area contributed by atoms with Gasteiger partial charge < -0.3 is 9.47 Å². The van der Waals surface area contributed by atoms with Gasteiger partial charge in [0, 0.05) is 11.1 Å². The number of hydrogen-bond acceptors (Lipinski definition) is 3. The molecule has 0 atom stereocenters. The second-order valence-electron chi connectivity index (χ2n) is 7.90. The lowest BCUT2D eigenvalue weighted by atomic mass is 9.99. The Bertz CT molecular complexity index is 686. The van der Waals surface area contributed by atoms with E-state index in [4.69, 9.17) is 9.47 Å². The number of carbonyl (C=O) groups excluding carboxylic acids is 1. The molecule has 0 aromatic heterocycles. The van der Waals surface area contributed by atoms with E-state index in [9.17, 15) is 4.79 Å². The van der Waals surface area contributed by atoms with Crippen molar-refractivity contribution in [2.75, 3.05) is 0 Å². The summed E-state index contributed by atoms with van der Waals surface area (Å²) in [7, 11) is 0. The fourth-order valence-electron chi connectivity index (χ4n) is 2.87. The molecule has 3 heteroatoms. The Morgan fingerprint density at radius 3 is 1.18 bits per heavy atom. The molecule has 28 heavy (non-hydrogen) atoms. The molecule has 0 bridgehead atoms. The van der Waals surface area contributed by atoms with Crippen LogP contribution >= 0.6 is 0 Å². The molecule has 0 radical (unpaired) electrons. The third-order valence-electron chi connectivity index (χ3n) is 5.95. The first-order valence-electron chi connectivity index (χ1n) is 10.4. The van der Waals surface area contributed by atoms with Gasteiger partial charge in [0.1, 0.15) is 22.7 Å². The maximum atomic E-state index is 12.8. The smallest absolute Gasteiger partial charge is 0.193 e. The van der Waals surface area contributed by atoms with E-state index in [1.807, 2.05) is 48.5 Å². The van der Waals surface area contributed by atoms with E-state index in [2.05, 4.69) is 41.5 Å². The maximum absolute atomic E-state index is 12.8. The molecule has 3 nitrogen and oxygen atoms in total. The van der Waals surface area contributed by atoms with Gasteiger partial charge in [-0.25, -0.2) is 0 Å². The summed E-state index contributed by atoms with van der Waals surface area (Å²) in [5.41, 5.74) is 0.963. The predicted octanol–water partition coefficient (Wildman–Crippen LogP) is 6.83. The molecular formula is C25H34O3. The van der Waals surface area contributed by atoms with E-state index < -0.39 is 0 Å². The van der Waals surface area contributed by atoms with Gasteiger partial charge >= 0.3 is 0 Å². The van der Waals surface area contributed by atoms with Gasteiger partial charge in [-0.1, -0.05) is 27.7 Å². The van der Waals surface area contributed by atoms with Gasteiger partial charge in [0.25, 0.3) is 0 Å². The molecule has 0 saturated heterocycles. The fraction of sp³-hybridized carbons (Fsp3) is 0.480. The van der Waals surface area contributed by atoms with Crippen LogP contribution in [0.25, 0.3) is 0 Å². The normalized spacial score (nSPS) is 11.9. The Kier molecular flexibility index (Phi) is 7.29. The highest BCUT2D eigenvalue weighted by atomic mass is 16.5. The quantitative estimate of drug-likeness (QED) is 0.422. The molecule has 2 rings (SSSR count). The first kappa shape index (κ1) is 22.0. The molecule has 152 valence electrons. The van der Waals surface area contributed by atoms with Crippen LogP contribution in [0.3, 0.4) is 0 Å². The topological polar surface area (TPSA) is 35.5 Å². The third-order valence-corrected chi connectivity index (χ3v) is 5.95. The Morgan fingerprint density at radius 2 is 0.929 bits per heavy atom. The molecule has 0 saturated carbocycles. The summed E-state index contributed by atoms with van der Waals surface area (Å²) in [6.45, 7) is 12.7. The summed E-state index contributed by atoms with van der Waals surface area (Å²) >= 11 is 0. The second-order valence-corrected chi connectivity index (χ2v) is 7.90. The van der Waals surface area contributed by atoms with E-state index in [-0.39, 0.29) is 17.0 Å². The summed E-state index contributed by atoms with van der Waals surface area (Å²) in [6, 6.07) is 14.8. The summed E-state index contributed by atoms with van der Waals surface area (Å²) in [4.78, 5) is 12.8.